The smallest absolute Gasteiger partial charge is 0.308 e. The minimum atomic E-state index is -3.99. The highest BCUT2D eigenvalue weighted by atomic mass is 32.2. The first-order valence-electron chi connectivity index (χ1n) is 10.3. The van der Waals surface area contributed by atoms with Crippen LogP contribution in [0, 0.1) is 0 Å². The van der Waals surface area contributed by atoms with Gasteiger partial charge in [-0.05, 0) is 49.7 Å². The van der Waals surface area contributed by atoms with E-state index >= 15 is 0 Å². The highest BCUT2D eigenvalue weighted by Gasteiger charge is 2.20. The molecule has 1 heterocycles. The highest BCUT2D eigenvalue weighted by Crippen LogP contribution is 2.25. The molecule has 0 radical (unpaired) electrons. The van der Waals surface area contributed by atoms with Gasteiger partial charge in [0, 0.05) is 6.04 Å². The number of carbonyl (C=O) groups excluding carboxylic acids is 1. The Balaban J connectivity index is 1.66. The zero-order valence-corrected chi connectivity index (χ0v) is 19.7. The molecule has 0 aliphatic heterocycles. The van der Waals surface area contributed by atoms with E-state index in [1.807, 2.05) is 44.2 Å². The average molecular weight is 482 g/mol. The van der Waals surface area contributed by atoms with E-state index in [1.54, 1.807) is 34.9 Å². The van der Waals surface area contributed by atoms with E-state index in [0.29, 0.717) is 16.8 Å². The molecule has 1 aromatic heterocycles. The number of carbonyl (C=O) groups is 1. The van der Waals surface area contributed by atoms with Crippen molar-refractivity contribution in [3.8, 4) is 0 Å². The Hall–Kier alpha value is -3.43. The van der Waals surface area contributed by atoms with E-state index in [-0.39, 0.29) is 33.0 Å². The van der Waals surface area contributed by atoms with Crippen LogP contribution in [0.25, 0.3) is 10.2 Å². The third kappa shape index (κ3) is 4.99. The Kier molecular flexibility index (Phi) is 6.35. The number of fused-ring (bicyclic) bond motifs is 1. The quantitative estimate of drug-likeness (QED) is 0.416. The number of hydrogen-bond acceptors (Lipinski definition) is 5. The number of nitrogens with zero attached hydrogens (tertiary/aromatic N) is 1. The highest BCUT2D eigenvalue weighted by molar-refractivity contribution is 7.92. The molecule has 4 rings (SSSR count). The summed E-state index contributed by atoms with van der Waals surface area (Å²) in [5.41, 5.74) is 2.07. The van der Waals surface area contributed by atoms with E-state index < -0.39 is 10.0 Å². The van der Waals surface area contributed by atoms with Crippen LogP contribution in [-0.4, -0.2) is 24.9 Å². The molecular formula is C24H23N3O4S2. The normalized spacial score (nSPS) is 11.6. The molecule has 7 nitrogen and oxygen atoms in total. The first-order chi connectivity index (χ1) is 15.7. The zero-order valence-electron chi connectivity index (χ0n) is 18.1. The summed E-state index contributed by atoms with van der Waals surface area (Å²) in [6.45, 7) is 4.06. The predicted molar refractivity (Wildman–Crippen MR) is 131 cm³/mol. The number of amides is 1. The molecule has 1 amide bonds. The molecule has 4 aromatic rings. The van der Waals surface area contributed by atoms with Crippen molar-refractivity contribution in [3.63, 3.8) is 0 Å². The summed E-state index contributed by atoms with van der Waals surface area (Å²) in [6.07, 6.45) is 0. The van der Waals surface area contributed by atoms with Gasteiger partial charge in [-0.25, -0.2) is 8.42 Å². The molecule has 33 heavy (non-hydrogen) atoms. The van der Waals surface area contributed by atoms with Crippen LogP contribution in [0.4, 0.5) is 5.69 Å². The number of sulfonamides is 1. The lowest BCUT2D eigenvalue weighted by atomic mass is 10.1. The Morgan fingerprint density at radius 1 is 1.00 bits per heavy atom. The minimum absolute atomic E-state index is 0.0159. The molecule has 0 fully saturated rings. The number of benzene rings is 3. The van der Waals surface area contributed by atoms with Gasteiger partial charge in [-0.2, -0.15) is 0 Å². The largest absolute Gasteiger partial charge is 0.350 e. The average Bonchev–Trinajstić information content (AvgIpc) is 3.08. The van der Waals surface area contributed by atoms with Gasteiger partial charge in [0.15, 0.2) is 0 Å². The van der Waals surface area contributed by atoms with Gasteiger partial charge in [-0.15, -0.1) is 0 Å². The van der Waals surface area contributed by atoms with Gasteiger partial charge in [0.1, 0.15) is 0 Å². The van der Waals surface area contributed by atoms with Crippen molar-refractivity contribution in [1.82, 2.24) is 9.88 Å². The van der Waals surface area contributed by atoms with E-state index in [4.69, 9.17) is 0 Å². The third-order valence-electron chi connectivity index (χ3n) is 4.97. The molecule has 3 aromatic carbocycles. The number of nitrogens with one attached hydrogen (secondary N) is 2. The number of aromatic nitrogens is 1. The fourth-order valence-electron chi connectivity index (χ4n) is 3.44. The van der Waals surface area contributed by atoms with E-state index in [1.165, 1.54) is 12.1 Å². The molecule has 0 aliphatic carbocycles. The van der Waals surface area contributed by atoms with Gasteiger partial charge >= 0.3 is 4.87 Å². The van der Waals surface area contributed by atoms with Gasteiger partial charge in [-0.1, -0.05) is 53.8 Å². The fourth-order valence-corrected chi connectivity index (χ4v) is 5.55. The maximum atomic E-state index is 13.1. The lowest BCUT2D eigenvalue weighted by molar-refractivity contribution is 0.0944. The molecule has 9 heteroatoms. The van der Waals surface area contributed by atoms with Gasteiger partial charge in [0.25, 0.3) is 15.9 Å². The number of hydrogen-bond donors (Lipinski definition) is 2. The summed E-state index contributed by atoms with van der Waals surface area (Å²) < 4.78 is 30.9. The minimum Gasteiger partial charge on any atom is -0.350 e. The molecule has 0 atom stereocenters. The molecule has 0 bridgehead atoms. The topological polar surface area (TPSA) is 97.3 Å². The Morgan fingerprint density at radius 2 is 1.70 bits per heavy atom. The van der Waals surface area contributed by atoms with Gasteiger partial charge in [0.2, 0.25) is 0 Å². The molecule has 0 aliphatic rings. The Bertz CT molecular complexity index is 1470. The van der Waals surface area contributed by atoms with Gasteiger partial charge < -0.3 is 5.32 Å². The van der Waals surface area contributed by atoms with E-state index in [0.717, 1.165) is 16.9 Å². The van der Waals surface area contributed by atoms with E-state index in [9.17, 15) is 18.0 Å². The van der Waals surface area contributed by atoms with Crippen molar-refractivity contribution in [3.05, 3.63) is 93.6 Å². The molecule has 170 valence electrons. The SMILES string of the molecule is CC(C)NC(=O)c1ccccc1NS(=O)(=O)c1ccc2c(c1)sc(=O)n2Cc1ccccc1. The van der Waals surface area contributed by atoms with Crippen LogP contribution in [0.2, 0.25) is 0 Å². The summed E-state index contributed by atoms with van der Waals surface area (Å²) in [4.78, 5) is 24.9. The molecule has 2 N–H and O–H groups in total. The Labute approximate surface area is 195 Å². The van der Waals surface area contributed by atoms with Crippen molar-refractivity contribution < 1.29 is 13.2 Å². The van der Waals surface area contributed by atoms with Crippen LogP contribution in [0.1, 0.15) is 29.8 Å². The number of rotatable bonds is 7. The molecule has 0 saturated heterocycles. The molecule has 0 saturated carbocycles. The third-order valence-corrected chi connectivity index (χ3v) is 7.27. The monoisotopic (exact) mass is 481 g/mol. The van der Waals surface area contributed by atoms with Crippen molar-refractivity contribution in [2.75, 3.05) is 4.72 Å². The van der Waals surface area contributed by atoms with Crippen LogP contribution in [0.15, 0.2) is 82.5 Å². The van der Waals surface area contributed by atoms with Crippen molar-refractivity contribution in [1.29, 1.82) is 0 Å². The lowest BCUT2D eigenvalue weighted by Crippen LogP contribution is -2.31. The summed E-state index contributed by atoms with van der Waals surface area (Å²) >= 11 is 1.00. The summed E-state index contributed by atoms with van der Waals surface area (Å²) in [5.74, 6) is -0.366. The maximum absolute atomic E-state index is 13.1. The molecule has 0 spiro atoms. The summed E-state index contributed by atoms with van der Waals surface area (Å²) in [7, 11) is -3.99. The van der Waals surface area contributed by atoms with Crippen molar-refractivity contribution in [2.45, 2.75) is 31.3 Å². The first-order valence-corrected chi connectivity index (χ1v) is 12.6. The Morgan fingerprint density at radius 3 is 2.42 bits per heavy atom. The number of para-hydroxylation sites is 1. The first kappa shape index (κ1) is 22.8. The van der Waals surface area contributed by atoms with Crippen LogP contribution < -0.4 is 14.9 Å². The standard InChI is InChI=1S/C24H23N3O4S2/c1-16(2)25-23(28)19-10-6-7-11-20(19)26-33(30,31)18-12-13-21-22(14-18)32-24(29)27(21)15-17-8-4-3-5-9-17/h3-14,16,26H,15H2,1-2H3,(H,25,28). The maximum Gasteiger partial charge on any atom is 0.308 e. The summed E-state index contributed by atoms with van der Waals surface area (Å²) in [6, 6.07) is 20.5. The van der Waals surface area contributed by atoms with Gasteiger partial charge in [-0.3, -0.25) is 18.9 Å². The second-order valence-electron chi connectivity index (χ2n) is 7.85. The van der Waals surface area contributed by atoms with Crippen molar-refractivity contribution >= 4 is 43.2 Å². The van der Waals surface area contributed by atoms with Crippen LogP contribution in [0.3, 0.4) is 0 Å². The molecule has 0 unspecified atom stereocenters. The van der Waals surface area contributed by atoms with Crippen molar-refractivity contribution in [2.24, 2.45) is 0 Å². The van der Waals surface area contributed by atoms with Gasteiger partial charge in [0.05, 0.1) is 32.9 Å². The number of anilines is 1. The second-order valence-corrected chi connectivity index (χ2v) is 10.5. The second kappa shape index (κ2) is 9.21. The lowest BCUT2D eigenvalue weighted by Gasteiger charge is -2.14. The zero-order chi connectivity index (χ0) is 23.6. The predicted octanol–water partition coefficient (Wildman–Crippen LogP) is 4.05. The van der Waals surface area contributed by atoms with Crippen LogP contribution in [-0.2, 0) is 16.6 Å². The molecular weight excluding hydrogens is 458 g/mol. The summed E-state index contributed by atoms with van der Waals surface area (Å²) in [5, 5.41) is 2.77. The van der Waals surface area contributed by atoms with Crippen LogP contribution in [0.5, 0.6) is 0 Å². The number of thiazole rings is 1. The van der Waals surface area contributed by atoms with E-state index in [2.05, 4.69) is 10.0 Å². The fraction of sp³-hybridized carbons (Fsp3) is 0.167. The van der Waals surface area contributed by atoms with Crippen LogP contribution >= 0.6 is 11.3 Å².